The van der Waals surface area contributed by atoms with E-state index in [0.717, 1.165) is 42.0 Å². The van der Waals surface area contributed by atoms with Crippen molar-refractivity contribution in [1.82, 2.24) is 9.55 Å². The number of benzene rings is 1. The zero-order chi connectivity index (χ0) is 24.5. The van der Waals surface area contributed by atoms with Gasteiger partial charge in [0.2, 0.25) is 0 Å². The number of allylic oxidation sites excluding steroid dienone is 6. The maximum absolute atomic E-state index is 14.6. The van der Waals surface area contributed by atoms with Crippen molar-refractivity contribution in [2.45, 2.75) is 79.6 Å². The van der Waals surface area contributed by atoms with Gasteiger partial charge >= 0.3 is 0 Å². The van der Waals surface area contributed by atoms with E-state index in [1.807, 2.05) is 6.08 Å². The summed E-state index contributed by atoms with van der Waals surface area (Å²) in [6, 6.07) is 8.50. The van der Waals surface area contributed by atoms with Gasteiger partial charge in [0.05, 0.1) is 11.3 Å². The molecular weight excluding hydrogens is 419 g/mol. The third-order valence-corrected chi connectivity index (χ3v) is 7.10. The van der Waals surface area contributed by atoms with Crippen molar-refractivity contribution >= 4 is 5.70 Å². The van der Waals surface area contributed by atoms with Crippen LogP contribution in [0.1, 0.15) is 84.4 Å². The van der Waals surface area contributed by atoms with E-state index in [0.29, 0.717) is 17.9 Å². The first-order chi connectivity index (χ1) is 16.1. The van der Waals surface area contributed by atoms with Crippen molar-refractivity contribution in [3.63, 3.8) is 0 Å². The van der Waals surface area contributed by atoms with E-state index in [4.69, 9.17) is 4.98 Å². The standard InChI is InChI=1S/C31H37FN2/c1-7-11-23-14-15-25(16-17-27(23)32)34-20-28(24-18-30(3,4)21-31(5,6)19-24)33-29(34)26-13-10-9-12-22(26)8-2/h9-10,12-15,17,20,24H,8,16,18-19,21H2,1-6H3. The van der Waals surface area contributed by atoms with Crippen molar-refractivity contribution in [2.75, 3.05) is 0 Å². The molecule has 178 valence electrons. The van der Waals surface area contributed by atoms with Crippen LogP contribution in [-0.4, -0.2) is 9.55 Å². The molecule has 0 bridgehead atoms. The summed E-state index contributed by atoms with van der Waals surface area (Å²) in [5.41, 5.74) is 5.57. The minimum Gasteiger partial charge on any atom is -0.303 e. The monoisotopic (exact) mass is 456 g/mol. The van der Waals surface area contributed by atoms with E-state index in [2.05, 4.69) is 81.5 Å². The van der Waals surface area contributed by atoms with Crippen molar-refractivity contribution in [2.24, 2.45) is 10.8 Å². The smallest absolute Gasteiger partial charge is 0.144 e. The van der Waals surface area contributed by atoms with Gasteiger partial charge in [-0.3, -0.25) is 0 Å². The van der Waals surface area contributed by atoms with Crippen molar-refractivity contribution < 1.29 is 4.39 Å². The molecular formula is C31H37FN2. The zero-order valence-corrected chi connectivity index (χ0v) is 21.5. The Morgan fingerprint density at radius 2 is 1.79 bits per heavy atom. The molecule has 0 amide bonds. The van der Waals surface area contributed by atoms with Crippen molar-refractivity contribution in [1.29, 1.82) is 0 Å². The SMILES string of the molecule is CC#CC1=CC=C(n2cc(C3CC(C)(C)CC(C)(C)C3)nc2-c2ccccc2CC)CC=C1F. The molecule has 2 aliphatic carbocycles. The molecule has 0 unspecified atom stereocenters. The Hall–Kier alpha value is -2.86. The minimum absolute atomic E-state index is 0.257. The van der Waals surface area contributed by atoms with Crippen LogP contribution in [-0.2, 0) is 6.42 Å². The van der Waals surface area contributed by atoms with Crippen LogP contribution in [0.3, 0.4) is 0 Å². The first-order valence-corrected chi connectivity index (χ1v) is 12.5. The first kappa shape index (κ1) is 24.3. The highest BCUT2D eigenvalue weighted by Gasteiger charge is 2.40. The average Bonchev–Trinajstić information content (AvgIpc) is 3.13. The van der Waals surface area contributed by atoms with Crippen LogP contribution in [0.2, 0.25) is 0 Å². The van der Waals surface area contributed by atoms with E-state index in [9.17, 15) is 4.39 Å². The molecule has 0 N–H and O–H groups in total. The maximum Gasteiger partial charge on any atom is 0.144 e. The summed E-state index contributed by atoms with van der Waals surface area (Å²) in [7, 11) is 0. The fourth-order valence-electron chi connectivity index (χ4n) is 6.15. The molecule has 0 aliphatic heterocycles. The highest BCUT2D eigenvalue weighted by molar-refractivity contribution is 5.68. The molecule has 1 heterocycles. The first-order valence-electron chi connectivity index (χ1n) is 12.5. The van der Waals surface area contributed by atoms with Gasteiger partial charge in [-0.15, -0.1) is 5.92 Å². The Balaban J connectivity index is 1.86. The molecule has 2 nitrogen and oxygen atoms in total. The van der Waals surface area contributed by atoms with Crippen molar-refractivity contribution in [3.8, 4) is 23.2 Å². The molecule has 3 heteroatoms. The summed E-state index contributed by atoms with van der Waals surface area (Å²) in [4.78, 5) is 5.28. The predicted molar refractivity (Wildman–Crippen MR) is 141 cm³/mol. The number of halogens is 1. The quantitative estimate of drug-likeness (QED) is 0.422. The molecule has 2 aliphatic rings. The number of nitrogens with zero attached hydrogens (tertiary/aromatic N) is 2. The van der Waals surface area contributed by atoms with E-state index >= 15 is 0 Å². The van der Waals surface area contributed by atoms with E-state index in [1.165, 1.54) is 12.0 Å². The van der Waals surface area contributed by atoms with Crippen LogP contribution in [0, 0.1) is 22.7 Å². The van der Waals surface area contributed by atoms with Gasteiger partial charge in [0.15, 0.2) is 0 Å². The molecule has 1 fully saturated rings. The zero-order valence-electron chi connectivity index (χ0n) is 21.5. The van der Waals surface area contributed by atoms with E-state index in [1.54, 1.807) is 19.1 Å². The lowest BCUT2D eigenvalue weighted by atomic mass is 9.61. The summed E-state index contributed by atoms with van der Waals surface area (Å²) >= 11 is 0. The normalized spacial score (nSPS) is 19.9. The van der Waals surface area contributed by atoms with Gasteiger partial charge in [0, 0.05) is 29.8 Å². The highest BCUT2D eigenvalue weighted by Crippen LogP contribution is 2.51. The minimum atomic E-state index is -0.257. The van der Waals surface area contributed by atoms with Crippen LogP contribution in [0.5, 0.6) is 0 Å². The molecule has 0 radical (unpaired) electrons. The second-order valence-electron chi connectivity index (χ2n) is 11.3. The molecule has 1 aromatic heterocycles. The van der Waals surface area contributed by atoms with Crippen LogP contribution in [0.15, 0.2) is 60.1 Å². The second-order valence-corrected chi connectivity index (χ2v) is 11.3. The summed E-state index contributed by atoms with van der Waals surface area (Å²) < 4.78 is 16.8. The number of hydrogen-bond donors (Lipinski definition) is 0. The van der Waals surface area contributed by atoms with Crippen molar-refractivity contribution in [3.05, 3.63) is 71.3 Å². The molecule has 34 heavy (non-hydrogen) atoms. The summed E-state index contributed by atoms with van der Waals surface area (Å²) in [6.45, 7) is 13.4. The fraction of sp³-hybridized carbons (Fsp3) is 0.452. The number of imidazole rings is 1. The van der Waals surface area contributed by atoms with Crippen LogP contribution in [0.4, 0.5) is 4.39 Å². The summed E-state index contributed by atoms with van der Waals surface area (Å²) in [5.74, 6) is 6.80. The van der Waals surface area contributed by atoms with Gasteiger partial charge in [-0.25, -0.2) is 9.37 Å². The molecule has 1 aromatic carbocycles. The number of aromatic nitrogens is 2. The number of hydrogen-bond acceptors (Lipinski definition) is 1. The predicted octanol–water partition coefficient (Wildman–Crippen LogP) is 8.48. The van der Waals surface area contributed by atoms with Crippen LogP contribution >= 0.6 is 0 Å². The largest absolute Gasteiger partial charge is 0.303 e. The Kier molecular flexibility index (Phi) is 6.72. The van der Waals surface area contributed by atoms with Gasteiger partial charge in [-0.05, 0) is 67.2 Å². The third kappa shape index (κ3) is 5.12. The highest BCUT2D eigenvalue weighted by atomic mass is 19.1. The lowest BCUT2D eigenvalue weighted by Gasteiger charge is -2.44. The average molecular weight is 457 g/mol. The van der Waals surface area contributed by atoms with Crippen LogP contribution < -0.4 is 0 Å². The van der Waals surface area contributed by atoms with E-state index < -0.39 is 0 Å². The fourth-order valence-corrected chi connectivity index (χ4v) is 6.15. The Labute approximate surface area is 204 Å². The van der Waals surface area contributed by atoms with Gasteiger partial charge in [-0.2, -0.15) is 0 Å². The molecule has 1 saturated carbocycles. The molecule has 0 spiro atoms. The molecule has 0 atom stereocenters. The summed E-state index contributed by atoms with van der Waals surface area (Å²) in [6.07, 6.45) is 12.6. The van der Waals surface area contributed by atoms with Crippen LogP contribution in [0.25, 0.3) is 17.1 Å². The van der Waals surface area contributed by atoms with Gasteiger partial charge in [-0.1, -0.05) is 64.8 Å². The van der Waals surface area contributed by atoms with Gasteiger partial charge in [0.25, 0.3) is 0 Å². The number of aryl methyl sites for hydroxylation is 1. The van der Waals surface area contributed by atoms with Gasteiger partial charge in [0.1, 0.15) is 11.7 Å². The Morgan fingerprint density at radius 3 is 2.47 bits per heavy atom. The maximum atomic E-state index is 14.6. The topological polar surface area (TPSA) is 17.8 Å². The second kappa shape index (κ2) is 9.41. The molecule has 0 saturated heterocycles. The van der Waals surface area contributed by atoms with E-state index in [-0.39, 0.29) is 16.7 Å². The molecule has 2 aromatic rings. The Morgan fingerprint density at radius 1 is 1.09 bits per heavy atom. The lowest BCUT2D eigenvalue weighted by Crippen LogP contribution is -2.33. The Bertz CT molecular complexity index is 1210. The molecule has 4 rings (SSSR count). The third-order valence-electron chi connectivity index (χ3n) is 7.10. The lowest BCUT2D eigenvalue weighted by molar-refractivity contribution is 0.0957. The van der Waals surface area contributed by atoms with Gasteiger partial charge < -0.3 is 4.57 Å². The number of rotatable bonds is 4. The summed E-state index contributed by atoms with van der Waals surface area (Å²) in [5, 5.41) is 0.